The van der Waals surface area contributed by atoms with Crippen molar-refractivity contribution in [2.45, 2.75) is 0 Å². The molecule has 258 valence electrons. The smallest absolute Gasteiger partial charge is 0.136 e. The first-order valence-electron chi connectivity index (χ1n) is 18.7. The minimum Gasteiger partial charge on any atom is -0.456 e. The number of nitrogens with zero attached hydrogens (tertiary/aromatic N) is 1. The molecule has 0 bridgehead atoms. The summed E-state index contributed by atoms with van der Waals surface area (Å²) in [5.41, 5.74) is 12.2. The zero-order valence-corrected chi connectivity index (χ0v) is 30.6. The number of rotatable bonds is 6. The SMILES string of the molecule is c1cc(-c2ccc3sc4ccccc4c3c2)cc(N(c2ccc(-c3ccc4c(c3)oc3ccccc34)cc2)c2ccc(-c3cccc4ccccc34)cc2)c1. The lowest BCUT2D eigenvalue weighted by Crippen LogP contribution is -2.10. The van der Waals surface area contributed by atoms with Crippen LogP contribution in [0.4, 0.5) is 17.1 Å². The third kappa shape index (κ3) is 5.48. The van der Waals surface area contributed by atoms with Crippen LogP contribution < -0.4 is 4.90 Å². The summed E-state index contributed by atoms with van der Waals surface area (Å²) >= 11 is 1.86. The minimum absolute atomic E-state index is 0.904. The molecule has 0 aliphatic carbocycles. The van der Waals surface area contributed by atoms with Gasteiger partial charge in [-0.1, -0.05) is 127 Å². The molecule has 0 saturated heterocycles. The Morgan fingerprint density at radius 1 is 0.327 bits per heavy atom. The van der Waals surface area contributed by atoms with E-state index in [0.29, 0.717) is 0 Å². The van der Waals surface area contributed by atoms with Crippen LogP contribution in [-0.4, -0.2) is 0 Å². The fourth-order valence-corrected chi connectivity index (χ4v) is 9.24. The molecule has 0 amide bonds. The van der Waals surface area contributed by atoms with Gasteiger partial charge in [-0.05, 0) is 117 Å². The van der Waals surface area contributed by atoms with Crippen molar-refractivity contribution in [2.24, 2.45) is 0 Å². The highest BCUT2D eigenvalue weighted by Crippen LogP contribution is 2.41. The fourth-order valence-electron chi connectivity index (χ4n) is 8.15. The predicted molar refractivity (Wildman–Crippen MR) is 235 cm³/mol. The second kappa shape index (κ2) is 12.9. The normalized spacial score (nSPS) is 11.6. The Balaban J connectivity index is 1.01. The van der Waals surface area contributed by atoms with Gasteiger partial charge in [0.1, 0.15) is 11.2 Å². The standard InChI is InChI=1S/C52H33NOS/c1-2-13-43-35(9-1)10-8-16-44(43)36-21-27-41(28-22-36)53(40-25-19-34(20-26-40)39-23-29-46-45-14-3-5-17-49(45)54-50(46)33-39)42-12-7-11-37(31-42)38-24-30-52-48(32-38)47-15-4-6-18-51(47)55-52/h1-33H. The van der Waals surface area contributed by atoms with Crippen LogP contribution in [0.25, 0.3) is 86.3 Å². The van der Waals surface area contributed by atoms with E-state index in [1.807, 2.05) is 23.5 Å². The van der Waals surface area contributed by atoms with Crippen molar-refractivity contribution in [2.75, 3.05) is 4.90 Å². The molecule has 11 rings (SSSR count). The largest absolute Gasteiger partial charge is 0.456 e. The van der Waals surface area contributed by atoms with Crippen LogP contribution in [0.5, 0.6) is 0 Å². The van der Waals surface area contributed by atoms with Gasteiger partial charge in [-0.15, -0.1) is 11.3 Å². The molecule has 0 spiro atoms. The van der Waals surface area contributed by atoms with E-state index in [1.165, 1.54) is 53.2 Å². The summed E-state index contributed by atoms with van der Waals surface area (Å²) in [5.74, 6) is 0. The van der Waals surface area contributed by atoms with Crippen molar-refractivity contribution in [3.8, 4) is 33.4 Å². The highest BCUT2D eigenvalue weighted by Gasteiger charge is 2.16. The van der Waals surface area contributed by atoms with Gasteiger partial charge in [0.2, 0.25) is 0 Å². The second-order valence-corrected chi connectivity index (χ2v) is 15.2. The molecule has 3 heteroatoms. The molecule has 2 heterocycles. The Hall–Kier alpha value is -6.94. The van der Waals surface area contributed by atoms with Crippen molar-refractivity contribution < 1.29 is 4.42 Å². The molecule has 0 unspecified atom stereocenters. The number of hydrogen-bond donors (Lipinski definition) is 0. The highest BCUT2D eigenvalue weighted by atomic mass is 32.1. The number of para-hydroxylation sites is 1. The molecular weight excluding hydrogens is 687 g/mol. The lowest BCUT2D eigenvalue weighted by atomic mass is 9.98. The molecule has 2 aromatic heterocycles. The molecule has 0 fully saturated rings. The van der Waals surface area contributed by atoms with Crippen molar-refractivity contribution >= 4 is 81.3 Å². The summed E-state index contributed by atoms with van der Waals surface area (Å²) in [5, 5.41) is 7.41. The number of thiophene rings is 1. The summed E-state index contributed by atoms with van der Waals surface area (Å²) in [4.78, 5) is 2.36. The van der Waals surface area contributed by atoms with Gasteiger partial charge in [0, 0.05) is 48.0 Å². The molecule has 9 aromatic carbocycles. The molecule has 11 aromatic rings. The van der Waals surface area contributed by atoms with E-state index in [9.17, 15) is 0 Å². The van der Waals surface area contributed by atoms with Gasteiger partial charge in [-0.2, -0.15) is 0 Å². The van der Waals surface area contributed by atoms with Gasteiger partial charge in [-0.3, -0.25) is 0 Å². The Morgan fingerprint density at radius 3 is 1.78 bits per heavy atom. The van der Waals surface area contributed by atoms with Gasteiger partial charge in [0.25, 0.3) is 0 Å². The number of benzene rings is 9. The Kier molecular flexibility index (Phi) is 7.39. The van der Waals surface area contributed by atoms with Crippen molar-refractivity contribution in [3.63, 3.8) is 0 Å². The van der Waals surface area contributed by atoms with Crippen LogP contribution in [0.2, 0.25) is 0 Å². The first kappa shape index (κ1) is 31.6. The van der Waals surface area contributed by atoms with E-state index in [2.05, 4.69) is 193 Å². The lowest BCUT2D eigenvalue weighted by Gasteiger charge is -2.26. The molecular formula is C52H33NOS. The van der Waals surface area contributed by atoms with Gasteiger partial charge in [0.05, 0.1) is 0 Å². The maximum Gasteiger partial charge on any atom is 0.136 e. The van der Waals surface area contributed by atoms with Crippen LogP contribution in [0.1, 0.15) is 0 Å². The highest BCUT2D eigenvalue weighted by molar-refractivity contribution is 7.25. The summed E-state index contributed by atoms with van der Waals surface area (Å²) in [6.45, 7) is 0. The van der Waals surface area contributed by atoms with Gasteiger partial charge < -0.3 is 9.32 Å². The maximum absolute atomic E-state index is 6.24. The summed E-state index contributed by atoms with van der Waals surface area (Å²) in [6, 6.07) is 72.3. The van der Waals surface area contributed by atoms with E-state index in [1.54, 1.807) is 0 Å². The third-order valence-corrected chi connectivity index (χ3v) is 12.0. The second-order valence-electron chi connectivity index (χ2n) is 14.1. The quantitative estimate of drug-likeness (QED) is 0.170. The Bertz CT molecular complexity index is 3200. The average molecular weight is 720 g/mol. The molecule has 55 heavy (non-hydrogen) atoms. The molecule has 0 radical (unpaired) electrons. The maximum atomic E-state index is 6.24. The lowest BCUT2D eigenvalue weighted by molar-refractivity contribution is 0.669. The van der Waals surface area contributed by atoms with Crippen LogP contribution in [-0.2, 0) is 0 Å². The average Bonchev–Trinajstić information content (AvgIpc) is 3.82. The third-order valence-electron chi connectivity index (χ3n) is 10.9. The molecule has 0 saturated carbocycles. The summed E-state index contributed by atoms with van der Waals surface area (Å²) in [7, 11) is 0. The Labute approximate surface area is 322 Å². The van der Waals surface area contributed by atoms with Gasteiger partial charge in [0.15, 0.2) is 0 Å². The monoisotopic (exact) mass is 719 g/mol. The van der Waals surface area contributed by atoms with Crippen molar-refractivity contribution in [1.82, 2.24) is 0 Å². The topological polar surface area (TPSA) is 16.4 Å². The number of furan rings is 1. The summed E-state index contributed by atoms with van der Waals surface area (Å²) in [6.07, 6.45) is 0. The predicted octanol–water partition coefficient (Wildman–Crippen LogP) is 15.6. The summed E-state index contributed by atoms with van der Waals surface area (Å²) < 4.78 is 8.87. The van der Waals surface area contributed by atoms with Crippen LogP contribution in [0, 0.1) is 0 Å². The van der Waals surface area contributed by atoms with Gasteiger partial charge in [-0.25, -0.2) is 0 Å². The Morgan fingerprint density at radius 2 is 0.927 bits per heavy atom. The number of anilines is 3. The van der Waals surface area contributed by atoms with Crippen molar-refractivity contribution in [3.05, 3.63) is 200 Å². The molecule has 0 aliphatic heterocycles. The van der Waals surface area contributed by atoms with Crippen molar-refractivity contribution in [1.29, 1.82) is 0 Å². The van der Waals surface area contributed by atoms with Crippen LogP contribution in [0.3, 0.4) is 0 Å². The molecule has 0 atom stereocenters. The minimum atomic E-state index is 0.904. The van der Waals surface area contributed by atoms with E-state index < -0.39 is 0 Å². The van der Waals surface area contributed by atoms with Gasteiger partial charge >= 0.3 is 0 Å². The van der Waals surface area contributed by atoms with Crippen LogP contribution in [0.15, 0.2) is 205 Å². The van der Waals surface area contributed by atoms with E-state index in [4.69, 9.17) is 4.42 Å². The zero-order chi connectivity index (χ0) is 36.3. The number of fused-ring (bicyclic) bond motifs is 7. The van der Waals surface area contributed by atoms with E-state index in [0.717, 1.165) is 50.1 Å². The van der Waals surface area contributed by atoms with Crippen LogP contribution >= 0.6 is 11.3 Å². The number of hydrogen-bond acceptors (Lipinski definition) is 3. The molecule has 0 N–H and O–H groups in total. The zero-order valence-electron chi connectivity index (χ0n) is 29.8. The fraction of sp³-hybridized carbons (Fsp3) is 0. The first-order valence-corrected chi connectivity index (χ1v) is 19.5. The molecule has 2 nitrogen and oxygen atoms in total. The molecule has 0 aliphatic rings. The van der Waals surface area contributed by atoms with E-state index in [-0.39, 0.29) is 0 Å². The first-order chi connectivity index (χ1) is 27.2. The van der Waals surface area contributed by atoms with E-state index >= 15 is 0 Å².